The molecule has 2 atom stereocenters. The maximum atomic E-state index is 12.6. The van der Waals surface area contributed by atoms with Crippen molar-refractivity contribution in [3.63, 3.8) is 0 Å². The quantitative estimate of drug-likeness (QED) is 0.476. The van der Waals surface area contributed by atoms with Crippen LogP contribution >= 0.6 is 12.2 Å². The fourth-order valence-electron chi connectivity index (χ4n) is 2.86. The molecule has 1 heterocycles. The fourth-order valence-corrected chi connectivity index (χ4v) is 3.17. The van der Waals surface area contributed by atoms with Crippen LogP contribution < -0.4 is 15.4 Å². The Kier molecular flexibility index (Phi) is 9.04. The molecule has 30 heavy (non-hydrogen) atoms. The van der Waals surface area contributed by atoms with Gasteiger partial charge in [-0.2, -0.15) is 0 Å². The summed E-state index contributed by atoms with van der Waals surface area (Å²) >= 11 is 5.38. The van der Waals surface area contributed by atoms with Crippen molar-refractivity contribution < 1.29 is 23.9 Å². The van der Waals surface area contributed by atoms with Crippen LogP contribution in [0.25, 0.3) is 0 Å². The second-order valence-corrected chi connectivity index (χ2v) is 7.44. The summed E-state index contributed by atoms with van der Waals surface area (Å²) in [5.74, 6) is -0.618. The third-order valence-corrected chi connectivity index (χ3v) is 4.99. The van der Waals surface area contributed by atoms with E-state index in [1.807, 2.05) is 13.8 Å². The van der Waals surface area contributed by atoms with Crippen LogP contribution in [-0.4, -0.2) is 59.6 Å². The molecule has 1 aromatic rings. The van der Waals surface area contributed by atoms with E-state index >= 15 is 0 Å². The zero-order valence-electron chi connectivity index (χ0n) is 17.6. The lowest BCUT2D eigenvalue weighted by atomic mass is 10.1. The average molecular weight is 436 g/mol. The molecule has 0 spiro atoms. The average Bonchev–Trinajstić information content (AvgIpc) is 2.73. The molecule has 1 fully saturated rings. The summed E-state index contributed by atoms with van der Waals surface area (Å²) in [4.78, 5) is 38.7. The SMILES string of the molecule is CCCOc1cccc(C(=O)NC(=S)N2CCNC(=O)C2CC(=O)OC(C)CC)c1. The van der Waals surface area contributed by atoms with Crippen molar-refractivity contribution in [3.05, 3.63) is 29.8 Å². The van der Waals surface area contributed by atoms with Gasteiger partial charge in [-0.05, 0) is 50.2 Å². The van der Waals surface area contributed by atoms with E-state index in [4.69, 9.17) is 21.7 Å². The van der Waals surface area contributed by atoms with Crippen LogP contribution in [0.5, 0.6) is 5.75 Å². The van der Waals surface area contributed by atoms with Gasteiger partial charge in [-0.1, -0.05) is 19.9 Å². The first kappa shape index (κ1) is 23.6. The molecular weight excluding hydrogens is 406 g/mol. The van der Waals surface area contributed by atoms with Gasteiger partial charge in [0.25, 0.3) is 5.91 Å². The van der Waals surface area contributed by atoms with Crippen molar-refractivity contribution in [2.45, 2.75) is 52.2 Å². The van der Waals surface area contributed by atoms with Gasteiger partial charge in [0.1, 0.15) is 11.8 Å². The molecule has 1 aliphatic heterocycles. The first-order chi connectivity index (χ1) is 14.3. The lowest BCUT2D eigenvalue weighted by Gasteiger charge is -2.36. The first-order valence-electron chi connectivity index (χ1n) is 10.2. The van der Waals surface area contributed by atoms with E-state index in [1.54, 1.807) is 36.1 Å². The largest absolute Gasteiger partial charge is 0.494 e. The van der Waals surface area contributed by atoms with Crippen LogP contribution in [0, 0.1) is 0 Å². The summed E-state index contributed by atoms with van der Waals surface area (Å²) in [6.45, 7) is 7.00. The predicted octanol–water partition coefficient (Wildman–Crippen LogP) is 2.02. The zero-order chi connectivity index (χ0) is 22.1. The minimum Gasteiger partial charge on any atom is -0.494 e. The Hall–Kier alpha value is -2.68. The van der Waals surface area contributed by atoms with Crippen LogP contribution in [0.3, 0.4) is 0 Å². The molecule has 0 aliphatic carbocycles. The Balaban J connectivity index is 2.04. The number of carbonyl (C=O) groups excluding carboxylic acids is 3. The molecule has 2 unspecified atom stereocenters. The van der Waals surface area contributed by atoms with Gasteiger partial charge in [-0.25, -0.2) is 0 Å². The number of benzene rings is 1. The number of carbonyl (C=O) groups is 3. The molecule has 2 rings (SSSR count). The van der Waals surface area contributed by atoms with Crippen molar-refractivity contribution in [2.75, 3.05) is 19.7 Å². The molecule has 1 aliphatic rings. The third kappa shape index (κ3) is 6.69. The first-order valence-corrected chi connectivity index (χ1v) is 10.6. The van der Waals surface area contributed by atoms with Gasteiger partial charge in [0.2, 0.25) is 5.91 Å². The van der Waals surface area contributed by atoms with E-state index in [-0.39, 0.29) is 23.5 Å². The van der Waals surface area contributed by atoms with Crippen LogP contribution in [-0.2, 0) is 14.3 Å². The van der Waals surface area contributed by atoms with Gasteiger partial charge in [0.05, 0.1) is 19.1 Å². The Labute approximate surface area is 182 Å². The fraction of sp³-hybridized carbons (Fsp3) is 0.524. The summed E-state index contributed by atoms with van der Waals surface area (Å²) < 4.78 is 10.8. The summed E-state index contributed by atoms with van der Waals surface area (Å²) in [5, 5.41) is 5.47. The van der Waals surface area contributed by atoms with Gasteiger partial charge in [0, 0.05) is 18.7 Å². The maximum absolute atomic E-state index is 12.6. The number of amides is 2. The van der Waals surface area contributed by atoms with Crippen molar-refractivity contribution in [3.8, 4) is 5.75 Å². The van der Waals surface area contributed by atoms with Crippen molar-refractivity contribution in [2.24, 2.45) is 0 Å². The predicted molar refractivity (Wildman–Crippen MR) is 116 cm³/mol. The van der Waals surface area contributed by atoms with Gasteiger partial charge in [0.15, 0.2) is 5.11 Å². The molecule has 8 nitrogen and oxygen atoms in total. The number of piperazine rings is 1. The van der Waals surface area contributed by atoms with E-state index in [0.717, 1.165) is 6.42 Å². The highest BCUT2D eigenvalue weighted by molar-refractivity contribution is 7.80. The number of nitrogens with zero attached hydrogens (tertiary/aromatic N) is 1. The standard InChI is InChI=1S/C21H29N3O5S/c1-4-11-28-16-8-6-7-15(12-16)19(26)23-21(30)24-10-9-22-20(27)17(24)13-18(25)29-14(3)5-2/h6-8,12,14,17H,4-5,9-11,13H2,1-3H3,(H,22,27)(H,23,26,30). The molecule has 1 aromatic carbocycles. The molecule has 2 N–H and O–H groups in total. The lowest BCUT2D eigenvalue weighted by molar-refractivity contribution is -0.151. The van der Waals surface area contributed by atoms with E-state index in [1.165, 1.54) is 0 Å². The second-order valence-electron chi connectivity index (χ2n) is 7.05. The molecule has 9 heteroatoms. The van der Waals surface area contributed by atoms with Gasteiger partial charge in [-0.15, -0.1) is 0 Å². The van der Waals surface area contributed by atoms with E-state index < -0.39 is 17.9 Å². The minimum absolute atomic E-state index is 0.0936. The smallest absolute Gasteiger partial charge is 0.308 e. The van der Waals surface area contributed by atoms with Crippen LogP contribution in [0.1, 0.15) is 50.4 Å². The van der Waals surface area contributed by atoms with Crippen LogP contribution in [0.15, 0.2) is 24.3 Å². The van der Waals surface area contributed by atoms with Gasteiger partial charge in [-0.3, -0.25) is 19.7 Å². The Morgan fingerprint density at radius 2 is 2.13 bits per heavy atom. The number of esters is 1. The van der Waals surface area contributed by atoms with Crippen molar-refractivity contribution in [1.29, 1.82) is 0 Å². The molecule has 0 saturated carbocycles. The topological polar surface area (TPSA) is 97.0 Å². The van der Waals surface area contributed by atoms with Crippen molar-refractivity contribution in [1.82, 2.24) is 15.5 Å². The maximum Gasteiger partial charge on any atom is 0.308 e. The number of thiocarbonyl (C=S) groups is 1. The second kappa shape index (κ2) is 11.5. The monoisotopic (exact) mass is 435 g/mol. The molecule has 0 aromatic heterocycles. The van der Waals surface area contributed by atoms with Crippen LogP contribution in [0.4, 0.5) is 0 Å². The normalized spacial score (nSPS) is 17.0. The van der Waals surface area contributed by atoms with E-state index in [9.17, 15) is 14.4 Å². The van der Waals surface area contributed by atoms with Gasteiger partial charge < -0.3 is 19.7 Å². The summed E-state index contributed by atoms with van der Waals surface area (Å²) in [6, 6.07) is 5.96. The van der Waals surface area contributed by atoms with Crippen LogP contribution in [0.2, 0.25) is 0 Å². The summed E-state index contributed by atoms with van der Waals surface area (Å²) in [5.41, 5.74) is 0.389. The Bertz CT molecular complexity index is 786. The Morgan fingerprint density at radius 3 is 2.83 bits per heavy atom. The number of nitrogens with one attached hydrogen (secondary N) is 2. The highest BCUT2D eigenvalue weighted by atomic mass is 32.1. The highest BCUT2D eigenvalue weighted by Gasteiger charge is 2.34. The molecule has 1 saturated heterocycles. The molecule has 0 radical (unpaired) electrons. The van der Waals surface area contributed by atoms with Crippen molar-refractivity contribution >= 4 is 35.1 Å². The molecule has 2 amide bonds. The third-order valence-electron chi connectivity index (χ3n) is 4.65. The van der Waals surface area contributed by atoms with E-state index in [0.29, 0.717) is 37.4 Å². The van der Waals surface area contributed by atoms with E-state index in [2.05, 4.69) is 10.6 Å². The summed E-state index contributed by atoms with van der Waals surface area (Å²) in [6.07, 6.45) is 1.17. The molecular formula is C21H29N3O5S. The minimum atomic E-state index is -0.831. The number of ether oxygens (including phenoxy) is 2. The molecule has 0 bridgehead atoms. The Morgan fingerprint density at radius 1 is 1.37 bits per heavy atom. The lowest BCUT2D eigenvalue weighted by Crippen LogP contribution is -2.60. The number of hydrogen-bond donors (Lipinski definition) is 2. The number of hydrogen-bond acceptors (Lipinski definition) is 6. The highest BCUT2D eigenvalue weighted by Crippen LogP contribution is 2.15. The zero-order valence-corrected chi connectivity index (χ0v) is 18.4. The summed E-state index contributed by atoms with van der Waals surface area (Å²) in [7, 11) is 0. The molecule has 164 valence electrons. The number of rotatable bonds is 8. The van der Waals surface area contributed by atoms with Gasteiger partial charge >= 0.3 is 5.97 Å².